The molecule has 0 saturated carbocycles. The molecule has 106 valence electrons. The molecule has 0 spiro atoms. The third-order valence-corrected chi connectivity index (χ3v) is 3.38. The summed E-state index contributed by atoms with van der Waals surface area (Å²) in [6.07, 6.45) is 1.35. The summed E-state index contributed by atoms with van der Waals surface area (Å²) in [7, 11) is 1.66. The molecule has 0 unspecified atom stereocenters. The van der Waals surface area contributed by atoms with Gasteiger partial charge in [0.15, 0.2) is 0 Å². The van der Waals surface area contributed by atoms with Crippen LogP contribution < -0.4 is 0 Å². The number of carbonyl (C=O) groups is 1. The number of hydrogen-bond acceptors (Lipinski definition) is 3. The number of hydrogen-bond donors (Lipinski definition) is 0. The molecule has 0 aliphatic carbocycles. The number of halogens is 2. The quantitative estimate of drug-likeness (QED) is 0.813. The van der Waals surface area contributed by atoms with Crippen LogP contribution in [0.1, 0.15) is 21.5 Å². The number of carbonyl (C=O) groups excluding carboxylic acids is 1. The molecule has 0 aliphatic rings. The smallest absolute Gasteiger partial charge is 0.255 e. The van der Waals surface area contributed by atoms with Gasteiger partial charge in [0.05, 0.1) is 22.2 Å². The van der Waals surface area contributed by atoms with Crippen LogP contribution in [0.4, 0.5) is 0 Å². The van der Waals surface area contributed by atoms with E-state index in [-0.39, 0.29) is 16.1 Å². The summed E-state index contributed by atoms with van der Waals surface area (Å²) < 4.78 is 0. The highest BCUT2D eigenvalue weighted by Gasteiger charge is 2.16. The minimum Gasteiger partial charge on any atom is -0.337 e. The van der Waals surface area contributed by atoms with E-state index in [9.17, 15) is 4.79 Å². The largest absolute Gasteiger partial charge is 0.337 e. The van der Waals surface area contributed by atoms with Gasteiger partial charge in [-0.15, -0.1) is 0 Å². The van der Waals surface area contributed by atoms with Gasteiger partial charge in [-0.1, -0.05) is 35.3 Å². The van der Waals surface area contributed by atoms with Crippen LogP contribution in [-0.4, -0.2) is 22.8 Å². The van der Waals surface area contributed by atoms with Crippen molar-refractivity contribution in [3.05, 3.63) is 63.4 Å². The summed E-state index contributed by atoms with van der Waals surface area (Å²) in [5.41, 5.74) is 1.72. The van der Waals surface area contributed by atoms with Crippen molar-refractivity contribution in [3.63, 3.8) is 0 Å². The number of nitriles is 1. The Labute approximate surface area is 132 Å². The highest BCUT2D eigenvalue weighted by Crippen LogP contribution is 2.20. The molecule has 6 heteroatoms. The predicted octanol–water partition coefficient (Wildman–Crippen LogP) is 3.53. The summed E-state index contributed by atoms with van der Waals surface area (Å²) in [4.78, 5) is 17.7. The summed E-state index contributed by atoms with van der Waals surface area (Å²) in [5, 5.41) is 9.34. The zero-order valence-electron chi connectivity index (χ0n) is 11.2. The number of pyridine rings is 1. The van der Waals surface area contributed by atoms with Crippen molar-refractivity contribution in [3.8, 4) is 6.07 Å². The number of amides is 1. The molecule has 0 bridgehead atoms. The van der Waals surface area contributed by atoms with Crippen LogP contribution in [0.3, 0.4) is 0 Å². The van der Waals surface area contributed by atoms with Crippen LogP contribution in [0.15, 0.2) is 36.5 Å². The van der Waals surface area contributed by atoms with Crippen LogP contribution in [0.25, 0.3) is 0 Å². The van der Waals surface area contributed by atoms with Gasteiger partial charge in [0.2, 0.25) is 0 Å². The van der Waals surface area contributed by atoms with Crippen molar-refractivity contribution >= 4 is 29.1 Å². The summed E-state index contributed by atoms with van der Waals surface area (Å²) in [6.45, 7) is 0.366. The fourth-order valence-electron chi connectivity index (χ4n) is 1.87. The first-order valence-corrected chi connectivity index (χ1v) is 6.82. The Kier molecular flexibility index (Phi) is 4.79. The lowest BCUT2D eigenvalue weighted by atomic mass is 10.1. The van der Waals surface area contributed by atoms with Gasteiger partial charge in [0, 0.05) is 19.8 Å². The fourth-order valence-corrected chi connectivity index (χ4v) is 2.21. The van der Waals surface area contributed by atoms with E-state index in [1.807, 2.05) is 6.07 Å². The molecule has 1 aromatic carbocycles. The van der Waals surface area contributed by atoms with Crippen LogP contribution in [-0.2, 0) is 6.54 Å². The van der Waals surface area contributed by atoms with Gasteiger partial charge in [0.25, 0.3) is 5.91 Å². The fraction of sp³-hybridized carbons (Fsp3) is 0.133. The third kappa shape index (κ3) is 3.72. The second-order valence-electron chi connectivity index (χ2n) is 4.46. The van der Waals surface area contributed by atoms with E-state index in [0.29, 0.717) is 17.7 Å². The third-order valence-electron chi connectivity index (χ3n) is 2.87. The lowest BCUT2D eigenvalue weighted by Crippen LogP contribution is -2.26. The molecule has 1 amide bonds. The minimum atomic E-state index is -0.258. The zero-order chi connectivity index (χ0) is 15.4. The van der Waals surface area contributed by atoms with Gasteiger partial charge in [-0.05, 0) is 23.8 Å². The van der Waals surface area contributed by atoms with Crippen molar-refractivity contribution in [1.82, 2.24) is 9.88 Å². The Balaban J connectivity index is 2.19. The molecule has 0 fully saturated rings. The zero-order valence-corrected chi connectivity index (χ0v) is 12.7. The van der Waals surface area contributed by atoms with E-state index in [1.165, 1.54) is 17.2 Å². The summed E-state index contributed by atoms with van der Waals surface area (Å²) in [5.74, 6) is -0.258. The van der Waals surface area contributed by atoms with Crippen molar-refractivity contribution < 1.29 is 4.79 Å². The molecule has 0 saturated heterocycles. The maximum Gasteiger partial charge on any atom is 0.255 e. The highest BCUT2D eigenvalue weighted by atomic mass is 35.5. The molecule has 21 heavy (non-hydrogen) atoms. The standard InChI is InChI=1S/C15H11Cl2N3O/c1-20(9-11-4-2-3-10(5-11)7-18)15(21)12-6-14(17)19-8-13(12)16/h2-6,8H,9H2,1H3. The Morgan fingerprint density at radius 3 is 2.86 bits per heavy atom. The minimum absolute atomic E-state index is 0.211. The first-order valence-electron chi connectivity index (χ1n) is 6.07. The Hall–Kier alpha value is -2.09. The van der Waals surface area contributed by atoms with Gasteiger partial charge >= 0.3 is 0 Å². The van der Waals surface area contributed by atoms with Gasteiger partial charge in [-0.25, -0.2) is 4.98 Å². The first kappa shape index (κ1) is 15.3. The SMILES string of the molecule is CN(Cc1cccc(C#N)c1)C(=O)c1cc(Cl)ncc1Cl. The second-order valence-corrected chi connectivity index (χ2v) is 5.25. The average molecular weight is 320 g/mol. The van der Waals surface area contributed by atoms with Crippen molar-refractivity contribution in [2.24, 2.45) is 0 Å². The predicted molar refractivity (Wildman–Crippen MR) is 81.2 cm³/mol. The number of nitrogens with zero attached hydrogens (tertiary/aromatic N) is 3. The van der Waals surface area contributed by atoms with Crippen molar-refractivity contribution in [2.75, 3.05) is 7.05 Å². The van der Waals surface area contributed by atoms with E-state index in [2.05, 4.69) is 11.1 Å². The lowest BCUT2D eigenvalue weighted by molar-refractivity contribution is 0.0785. The molecule has 2 rings (SSSR count). The van der Waals surface area contributed by atoms with Gasteiger partial charge in [0.1, 0.15) is 5.15 Å². The lowest BCUT2D eigenvalue weighted by Gasteiger charge is -2.18. The van der Waals surface area contributed by atoms with Crippen LogP contribution in [0.5, 0.6) is 0 Å². The Bertz CT molecular complexity index is 725. The molecular weight excluding hydrogens is 309 g/mol. The number of benzene rings is 1. The van der Waals surface area contributed by atoms with E-state index >= 15 is 0 Å². The first-order chi connectivity index (χ1) is 10.0. The molecule has 0 N–H and O–H groups in total. The van der Waals surface area contributed by atoms with Crippen LogP contribution in [0, 0.1) is 11.3 Å². The molecule has 0 radical (unpaired) electrons. The maximum absolute atomic E-state index is 12.4. The monoisotopic (exact) mass is 319 g/mol. The molecule has 1 heterocycles. The van der Waals surface area contributed by atoms with Crippen molar-refractivity contribution in [2.45, 2.75) is 6.54 Å². The van der Waals surface area contributed by atoms with Crippen molar-refractivity contribution in [1.29, 1.82) is 5.26 Å². The molecular formula is C15H11Cl2N3O. The molecule has 1 aromatic heterocycles. The molecule has 4 nitrogen and oxygen atoms in total. The average Bonchev–Trinajstić information content (AvgIpc) is 2.49. The number of rotatable bonds is 3. The molecule has 0 atom stereocenters. The summed E-state index contributed by atoms with van der Waals surface area (Å²) in [6, 6.07) is 10.6. The molecule has 2 aromatic rings. The highest BCUT2D eigenvalue weighted by molar-refractivity contribution is 6.35. The van der Waals surface area contributed by atoms with E-state index in [1.54, 1.807) is 25.2 Å². The molecule has 0 aliphatic heterocycles. The second kappa shape index (κ2) is 6.57. The van der Waals surface area contributed by atoms with Crippen LogP contribution >= 0.6 is 23.2 Å². The van der Waals surface area contributed by atoms with E-state index in [0.717, 1.165) is 5.56 Å². The summed E-state index contributed by atoms with van der Waals surface area (Å²) >= 11 is 11.8. The Morgan fingerprint density at radius 1 is 1.38 bits per heavy atom. The Morgan fingerprint density at radius 2 is 2.14 bits per heavy atom. The topological polar surface area (TPSA) is 57.0 Å². The van der Waals surface area contributed by atoms with Gasteiger partial charge in [-0.3, -0.25) is 4.79 Å². The van der Waals surface area contributed by atoms with Crippen LogP contribution in [0.2, 0.25) is 10.2 Å². The van der Waals surface area contributed by atoms with E-state index < -0.39 is 0 Å². The number of aromatic nitrogens is 1. The van der Waals surface area contributed by atoms with Gasteiger partial charge in [-0.2, -0.15) is 5.26 Å². The van der Waals surface area contributed by atoms with E-state index in [4.69, 9.17) is 28.5 Å². The maximum atomic E-state index is 12.4. The normalized spacial score (nSPS) is 10.0. The van der Waals surface area contributed by atoms with Gasteiger partial charge < -0.3 is 4.90 Å².